The third-order valence-electron chi connectivity index (χ3n) is 4.62. The van der Waals surface area contributed by atoms with Gasteiger partial charge in [0.15, 0.2) is 23.3 Å². The number of nitrogens with zero attached hydrogens (tertiary/aromatic N) is 1. The van der Waals surface area contributed by atoms with Crippen LogP contribution in [0.2, 0.25) is 10.0 Å². The molecule has 10 heteroatoms. The van der Waals surface area contributed by atoms with Crippen LogP contribution in [0.1, 0.15) is 10.4 Å². The van der Waals surface area contributed by atoms with Gasteiger partial charge < -0.3 is 5.32 Å². The highest BCUT2D eigenvalue weighted by atomic mass is 35.5. The number of fused-ring (bicyclic) bond motifs is 1. The fourth-order valence-electron chi connectivity index (χ4n) is 3.09. The van der Waals surface area contributed by atoms with Crippen molar-refractivity contribution in [3.05, 3.63) is 93.2 Å². The molecule has 0 unspecified atom stereocenters. The van der Waals surface area contributed by atoms with Crippen molar-refractivity contribution in [2.24, 2.45) is 0 Å². The molecule has 0 aliphatic rings. The van der Waals surface area contributed by atoms with E-state index in [2.05, 4.69) is 4.98 Å². The maximum Gasteiger partial charge on any atom is 0.256 e. The van der Waals surface area contributed by atoms with Gasteiger partial charge in [-0.1, -0.05) is 41.4 Å². The van der Waals surface area contributed by atoms with E-state index in [0.717, 1.165) is 0 Å². The maximum atomic E-state index is 14.0. The lowest BCUT2D eigenvalue weighted by atomic mass is 10.0. The van der Waals surface area contributed by atoms with Crippen LogP contribution < -0.4 is 5.32 Å². The van der Waals surface area contributed by atoms with Crippen molar-refractivity contribution in [3.63, 3.8) is 0 Å². The molecule has 1 amide bonds. The Bertz CT molecular complexity index is 1380. The second-order valence-corrected chi connectivity index (χ2v) is 7.44. The zero-order valence-electron chi connectivity index (χ0n) is 15.6. The average Bonchev–Trinajstić information content (AvgIpc) is 2.78. The Morgan fingerprint density at radius 3 is 2.09 bits per heavy atom. The molecule has 1 aromatic heterocycles. The summed E-state index contributed by atoms with van der Waals surface area (Å²) in [5, 5.41) is 2.65. The molecule has 1 heterocycles. The number of halogens is 7. The first kappa shape index (κ1) is 22.0. The predicted molar refractivity (Wildman–Crippen MR) is 111 cm³/mol. The first-order valence-electron chi connectivity index (χ1n) is 8.87. The number of rotatable bonds is 3. The predicted octanol–water partition coefficient (Wildman–Crippen LogP) is 7.16. The van der Waals surface area contributed by atoms with Crippen LogP contribution >= 0.6 is 23.2 Å². The maximum absolute atomic E-state index is 14.0. The molecule has 3 aromatic carbocycles. The Balaban J connectivity index is 1.87. The van der Waals surface area contributed by atoms with Gasteiger partial charge in [0.05, 0.1) is 21.8 Å². The second kappa shape index (κ2) is 8.37. The molecule has 0 spiro atoms. The summed E-state index contributed by atoms with van der Waals surface area (Å²) < 4.78 is 68.4. The van der Waals surface area contributed by atoms with Crippen LogP contribution in [0.15, 0.2) is 48.5 Å². The van der Waals surface area contributed by atoms with E-state index in [-0.39, 0.29) is 21.7 Å². The molecule has 162 valence electrons. The van der Waals surface area contributed by atoms with Crippen LogP contribution in [0.4, 0.5) is 27.6 Å². The minimum Gasteiger partial charge on any atom is -0.317 e. The molecule has 0 saturated carbocycles. The minimum absolute atomic E-state index is 0.124. The molecule has 4 rings (SSSR count). The lowest BCUT2D eigenvalue weighted by Crippen LogP contribution is -2.17. The van der Waals surface area contributed by atoms with Gasteiger partial charge in [-0.2, -0.15) is 0 Å². The second-order valence-electron chi connectivity index (χ2n) is 6.60. The van der Waals surface area contributed by atoms with E-state index in [1.54, 1.807) is 35.6 Å². The van der Waals surface area contributed by atoms with Crippen molar-refractivity contribution in [2.45, 2.75) is 0 Å². The molecule has 4 aromatic rings. The number of amides is 1. The minimum atomic E-state index is -2.33. The molecule has 1 N–H and O–H groups in total. The van der Waals surface area contributed by atoms with E-state index < -0.39 is 40.7 Å². The van der Waals surface area contributed by atoms with Gasteiger partial charge in [0.1, 0.15) is 5.69 Å². The average molecular weight is 483 g/mol. The standard InChI is InChI=1S/C22H9Cl2F5N2O/c23-9-5-6-11(13(24)7-9)15-8-12(10-3-1-2-4-14(10)30-15)22(32)31-21-19(28)17(26)16(25)18(27)20(21)29/h1-8H,(H,31,32). The van der Waals surface area contributed by atoms with Gasteiger partial charge in [-0.25, -0.2) is 26.9 Å². The summed E-state index contributed by atoms with van der Waals surface area (Å²) in [5.74, 6) is -12.1. The van der Waals surface area contributed by atoms with E-state index in [4.69, 9.17) is 23.2 Å². The zero-order valence-corrected chi connectivity index (χ0v) is 17.1. The topological polar surface area (TPSA) is 42.0 Å². The smallest absolute Gasteiger partial charge is 0.256 e. The number of hydrogen-bond donors (Lipinski definition) is 1. The summed E-state index contributed by atoms with van der Waals surface area (Å²) in [4.78, 5) is 17.3. The van der Waals surface area contributed by atoms with E-state index in [1.807, 2.05) is 0 Å². The van der Waals surface area contributed by atoms with Crippen LogP contribution in [0.3, 0.4) is 0 Å². The molecular weight excluding hydrogens is 474 g/mol. The van der Waals surface area contributed by atoms with Crippen molar-refractivity contribution in [3.8, 4) is 11.3 Å². The summed E-state index contributed by atoms with van der Waals surface area (Å²) in [6.07, 6.45) is 0. The highest BCUT2D eigenvalue weighted by molar-refractivity contribution is 6.36. The highest BCUT2D eigenvalue weighted by Crippen LogP contribution is 2.33. The monoisotopic (exact) mass is 482 g/mol. The summed E-state index contributed by atoms with van der Waals surface area (Å²) in [6.45, 7) is 0. The SMILES string of the molecule is O=C(Nc1c(F)c(F)c(F)c(F)c1F)c1cc(-c2ccc(Cl)cc2Cl)nc2ccccc12. The number of benzene rings is 3. The van der Waals surface area contributed by atoms with Gasteiger partial charge in [0.25, 0.3) is 5.91 Å². The normalized spacial score (nSPS) is 11.1. The Kier molecular flexibility index (Phi) is 5.75. The van der Waals surface area contributed by atoms with Crippen molar-refractivity contribution < 1.29 is 26.7 Å². The Morgan fingerprint density at radius 2 is 1.44 bits per heavy atom. The van der Waals surface area contributed by atoms with E-state index in [0.29, 0.717) is 16.1 Å². The number of pyridine rings is 1. The number of anilines is 1. The summed E-state index contributed by atoms with van der Waals surface area (Å²) in [5.41, 5.74) is -0.613. The van der Waals surface area contributed by atoms with Crippen LogP contribution in [0.25, 0.3) is 22.2 Å². The largest absolute Gasteiger partial charge is 0.317 e. The fraction of sp³-hybridized carbons (Fsp3) is 0. The van der Waals surface area contributed by atoms with Crippen molar-refractivity contribution >= 4 is 45.7 Å². The van der Waals surface area contributed by atoms with Crippen LogP contribution in [-0.4, -0.2) is 10.9 Å². The molecule has 0 aliphatic carbocycles. The first-order valence-corrected chi connectivity index (χ1v) is 9.62. The van der Waals surface area contributed by atoms with Crippen molar-refractivity contribution in [2.75, 3.05) is 5.32 Å². The molecule has 0 atom stereocenters. The Labute approximate surface area is 187 Å². The Hall–Kier alpha value is -3.23. The van der Waals surface area contributed by atoms with Crippen LogP contribution in [-0.2, 0) is 0 Å². The summed E-state index contributed by atoms with van der Waals surface area (Å²) in [6, 6.07) is 12.2. The third-order valence-corrected chi connectivity index (χ3v) is 5.16. The molecule has 0 radical (unpaired) electrons. The van der Waals surface area contributed by atoms with Crippen LogP contribution in [0, 0.1) is 29.1 Å². The highest BCUT2D eigenvalue weighted by Gasteiger charge is 2.27. The van der Waals surface area contributed by atoms with E-state index in [1.165, 1.54) is 18.2 Å². The molecule has 3 nitrogen and oxygen atoms in total. The molecule has 0 saturated heterocycles. The summed E-state index contributed by atoms with van der Waals surface area (Å²) in [7, 11) is 0. The first-order chi connectivity index (χ1) is 15.2. The molecule has 0 bridgehead atoms. The number of nitrogens with one attached hydrogen (secondary N) is 1. The quantitative estimate of drug-likeness (QED) is 0.191. The van der Waals surface area contributed by atoms with E-state index in [9.17, 15) is 26.7 Å². The zero-order chi connectivity index (χ0) is 23.2. The third kappa shape index (κ3) is 3.76. The molecular formula is C22H9Cl2F5N2O. The molecule has 32 heavy (non-hydrogen) atoms. The lowest BCUT2D eigenvalue weighted by molar-refractivity contribution is 0.102. The van der Waals surface area contributed by atoms with Gasteiger partial charge in [-0.15, -0.1) is 0 Å². The van der Waals surface area contributed by atoms with Crippen LogP contribution in [0.5, 0.6) is 0 Å². The molecule has 0 fully saturated rings. The number of carbonyl (C=O) groups excluding carboxylic acids is 1. The van der Waals surface area contributed by atoms with Gasteiger partial charge in [-0.3, -0.25) is 4.79 Å². The number of aromatic nitrogens is 1. The van der Waals surface area contributed by atoms with E-state index >= 15 is 0 Å². The number of carbonyl (C=O) groups is 1. The Morgan fingerprint density at radius 1 is 0.812 bits per heavy atom. The van der Waals surface area contributed by atoms with Crippen molar-refractivity contribution in [1.82, 2.24) is 4.98 Å². The molecule has 0 aliphatic heterocycles. The number of hydrogen-bond acceptors (Lipinski definition) is 2. The van der Waals surface area contributed by atoms with Gasteiger partial charge >= 0.3 is 0 Å². The number of para-hydroxylation sites is 1. The van der Waals surface area contributed by atoms with Gasteiger partial charge in [0.2, 0.25) is 5.82 Å². The fourth-order valence-corrected chi connectivity index (χ4v) is 3.60. The summed E-state index contributed by atoms with van der Waals surface area (Å²) >= 11 is 12.1. The van der Waals surface area contributed by atoms with Gasteiger partial charge in [0, 0.05) is 16.0 Å². The van der Waals surface area contributed by atoms with Gasteiger partial charge in [-0.05, 0) is 30.3 Å². The lowest BCUT2D eigenvalue weighted by Gasteiger charge is -2.13. The van der Waals surface area contributed by atoms with Crippen molar-refractivity contribution in [1.29, 1.82) is 0 Å².